The molecular formula is C18H15Cl2N3O2. The highest BCUT2D eigenvalue weighted by atomic mass is 35.5. The summed E-state index contributed by atoms with van der Waals surface area (Å²) in [6.07, 6.45) is 2.25. The Kier molecular flexibility index (Phi) is 4.37. The highest BCUT2D eigenvalue weighted by Gasteiger charge is 2.23. The van der Waals surface area contributed by atoms with Gasteiger partial charge in [0.2, 0.25) is 0 Å². The molecule has 1 aliphatic rings. The Bertz CT molecular complexity index is 947. The lowest BCUT2D eigenvalue weighted by atomic mass is 10.1. The molecule has 0 radical (unpaired) electrons. The zero-order chi connectivity index (χ0) is 17.4. The van der Waals surface area contributed by atoms with Gasteiger partial charge in [0.15, 0.2) is 11.6 Å². The van der Waals surface area contributed by atoms with Crippen LogP contribution in [0.15, 0.2) is 45.8 Å². The van der Waals surface area contributed by atoms with E-state index in [4.69, 9.17) is 27.6 Å². The molecular weight excluding hydrogens is 361 g/mol. The molecule has 128 valence electrons. The van der Waals surface area contributed by atoms with Crippen molar-refractivity contribution in [2.75, 3.05) is 6.54 Å². The fourth-order valence-electron chi connectivity index (χ4n) is 3.05. The fourth-order valence-corrected chi connectivity index (χ4v) is 3.57. The summed E-state index contributed by atoms with van der Waals surface area (Å²) < 4.78 is 5.32. The minimum Gasteiger partial charge on any atom is -0.461 e. The van der Waals surface area contributed by atoms with Crippen molar-refractivity contribution in [3.05, 3.63) is 73.8 Å². The summed E-state index contributed by atoms with van der Waals surface area (Å²) in [4.78, 5) is 22.0. The Hall–Kier alpha value is -2.08. The largest absolute Gasteiger partial charge is 0.461 e. The van der Waals surface area contributed by atoms with Crippen LogP contribution in [-0.4, -0.2) is 21.4 Å². The number of hydrogen-bond donors (Lipinski definition) is 1. The van der Waals surface area contributed by atoms with Crippen LogP contribution in [0.5, 0.6) is 0 Å². The van der Waals surface area contributed by atoms with Gasteiger partial charge in [-0.1, -0.05) is 29.3 Å². The molecule has 5 nitrogen and oxygen atoms in total. The van der Waals surface area contributed by atoms with E-state index in [0.717, 1.165) is 17.8 Å². The molecule has 0 atom stereocenters. The molecule has 7 heteroatoms. The molecule has 0 saturated heterocycles. The predicted molar refractivity (Wildman–Crippen MR) is 96.8 cm³/mol. The number of aromatic nitrogens is 2. The highest BCUT2D eigenvalue weighted by Crippen LogP contribution is 2.27. The third-order valence-electron chi connectivity index (χ3n) is 4.35. The van der Waals surface area contributed by atoms with Gasteiger partial charge in [-0.05, 0) is 24.3 Å². The van der Waals surface area contributed by atoms with Crippen LogP contribution in [0.2, 0.25) is 10.0 Å². The first kappa shape index (κ1) is 16.4. The second-order valence-electron chi connectivity index (χ2n) is 5.98. The third-order valence-corrected chi connectivity index (χ3v) is 5.05. The number of aromatic amines is 1. The molecule has 4 rings (SSSR count). The molecule has 0 aliphatic carbocycles. The summed E-state index contributed by atoms with van der Waals surface area (Å²) in [5.41, 5.74) is 2.25. The molecule has 0 amide bonds. The average molecular weight is 376 g/mol. The van der Waals surface area contributed by atoms with Gasteiger partial charge in [-0.25, -0.2) is 4.98 Å². The van der Waals surface area contributed by atoms with Crippen molar-refractivity contribution in [2.45, 2.75) is 19.5 Å². The lowest BCUT2D eigenvalue weighted by Crippen LogP contribution is -2.35. The lowest BCUT2D eigenvalue weighted by Gasteiger charge is -2.28. The van der Waals surface area contributed by atoms with Crippen LogP contribution in [0.25, 0.3) is 11.6 Å². The quantitative estimate of drug-likeness (QED) is 0.753. The van der Waals surface area contributed by atoms with Crippen LogP contribution in [-0.2, 0) is 19.5 Å². The van der Waals surface area contributed by atoms with Gasteiger partial charge >= 0.3 is 0 Å². The Morgan fingerprint density at radius 1 is 1.20 bits per heavy atom. The van der Waals surface area contributed by atoms with Crippen LogP contribution in [0, 0.1) is 0 Å². The molecule has 0 spiro atoms. The number of benzene rings is 1. The van der Waals surface area contributed by atoms with E-state index in [1.807, 2.05) is 18.2 Å². The standard InChI is InChI=1S/C18H15Cl2N3O2/c19-13-3-1-4-14(20)11(13)9-23-7-6-15-12(10-23)18(24)22-17(21-15)16-5-2-8-25-16/h1-5,8H,6-7,9-10H2,(H,21,22,24). The van der Waals surface area contributed by atoms with Crippen LogP contribution >= 0.6 is 23.2 Å². The van der Waals surface area contributed by atoms with Gasteiger partial charge in [0.05, 0.1) is 17.5 Å². The first-order valence-electron chi connectivity index (χ1n) is 7.93. The second-order valence-corrected chi connectivity index (χ2v) is 6.79. The maximum Gasteiger partial charge on any atom is 0.256 e. The minimum atomic E-state index is -0.133. The number of furan rings is 1. The fraction of sp³-hybridized carbons (Fsp3) is 0.222. The molecule has 1 aliphatic heterocycles. The Labute approximate surface area is 154 Å². The minimum absolute atomic E-state index is 0.133. The van der Waals surface area contributed by atoms with Crippen molar-refractivity contribution in [3.8, 4) is 11.6 Å². The summed E-state index contributed by atoms with van der Waals surface area (Å²) in [5, 5.41) is 1.27. The molecule has 3 aromatic rings. The zero-order valence-corrected chi connectivity index (χ0v) is 14.8. The topological polar surface area (TPSA) is 62.1 Å². The first-order valence-corrected chi connectivity index (χ1v) is 8.68. The van der Waals surface area contributed by atoms with Crippen LogP contribution in [0.4, 0.5) is 0 Å². The van der Waals surface area contributed by atoms with E-state index in [0.29, 0.717) is 46.7 Å². The maximum atomic E-state index is 12.5. The van der Waals surface area contributed by atoms with Gasteiger partial charge in [0, 0.05) is 41.7 Å². The Morgan fingerprint density at radius 2 is 2.00 bits per heavy atom. The molecule has 0 bridgehead atoms. The zero-order valence-electron chi connectivity index (χ0n) is 13.3. The number of halogens is 2. The van der Waals surface area contributed by atoms with E-state index >= 15 is 0 Å². The number of nitrogens with zero attached hydrogens (tertiary/aromatic N) is 2. The van der Waals surface area contributed by atoms with E-state index in [-0.39, 0.29) is 5.56 Å². The van der Waals surface area contributed by atoms with Crippen molar-refractivity contribution < 1.29 is 4.42 Å². The van der Waals surface area contributed by atoms with Gasteiger partial charge < -0.3 is 9.40 Å². The third kappa shape index (κ3) is 3.23. The molecule has 0 fully saturated rings. The molecule has 1 N–H and O–H groups in total. The first-order chi connectivity index (χ1) is 12.1. The normalized spacial score (nSPS) is 14.5. The Morgan fingerprint density at radius 3 is 2.72 bits per heavy atom. The Balaban J connectivity index is 1.61. The van der Waals surface area contributed by atoms with Crippen molar-refractivity contribution >= 4 is 23.2 Å². The van der Waals surface area contributed by atoms with Gasteiger partial charge in [-0.2, -0.15) is 0 Å². The number of H-pyrrole nitrogens is 1. The van der Waals surface area contributed by atoms with Crippen molar-refractivity contribution in [2.24, 2.45) is 0 Å². The van der Waals surface area contributed by atoms with Crippen LogP contribution in [0.1, 0.15) is 16.8 Å². The van der Waals surface area contributed by atoms with E-state index in [1.165, 1.54) is 0 Å². The molecule has 1 aromatic carbocycles. The molecule has 2 aromatic heterocycles. The summed E-state index contributed by atoms with van der Waals surface area (Å²) >= 11 is 12.5. The maximum absolute atomic E-state index is 12.5. The van der Waals surface area contributed by atoms with E-state index in [1.54, 1.807) is 18.4 Å². The van der Waals surface area contributed by atoms with Gasteiger partial charge in [0.25, 0.3) is 5.56 Å². The molecule has 25 heavy (non-hydrogen) atoms. The monoisotopic (exact) mass is 375 g/mol. The van der Waals surface area contributed by atoms with Crippen LogP contribution in [0.3, 0.4) is 0 Å². The van der Waals surface area contributed by atoms with Crippen molar-refractivity contribution in [1.82, 2.24) is 14.9 Å². The molecule has 0 unspecified atom stereocenters. The molecule has 3 heterocycles. The predicted octanol–water partition coefficient (Wildman–Crippen LogP) is 3.90. The van der Waals surface area contributed by atoms with Gasteiger partial charge in [0.1, 0.15) is 0 Å². The summed E-state index contributed by atoms with van der Waals surface area (Å²) in [7, 11) is 0. The number of rotatable bonds is 3. The SMILES string of the molecule is O=c1[nH]c(-c2ccco2)nc2c1CN(Cc1c(Cl)cccc1Cl)CC2. The highest BCUT2D eigenvalue weighted by molar-refractivity contribution is 6.35. The van der Waals surface area contributed by atoms with Crippen molar-refractivity contribution in [1.29, 1.82) is 0 Å². The average Bonchev–Trinajstić information content (AvgIpc) is 3.13. The summed E-state index contributed by atoms with van der Waals surface area (Å²) in [5.74, 6) is 1.03. The lowest BCUT2D eigenvalue weighted by molar-refractivity contribution is 0.242. The van der Waals surface area contributed by atoms with Gasteiger partial charge in [-0.3, -0.25) is 9.69 Å². The number of hydrogen-bond acceptors (Lipinski definition) is 4. The second kappa shape index (κ2) is 6.67. The number of nitrogens with one attached hydrogen (secondary N) is 1. The summed E-state index contributed by atoms with van der Waals surface area (Å²) in [6.45, 7) is 1.89. The van der Waals surface area contributed by atoms with Crippen LogP contribution < -0.4 is 5.56 Å². The number of fused-ring (bicyclic) bond motifs is 1. The van der Waals surface area contributed by atoms with Gasteiger partial charge in [-0.15, -0.1) is 0 Å². The van der Waals surface area contributed by atoms with E-state index in [2.05, 4.69) is 14.9 Å². The summed E-state index contributed by atoms with van der Waals surface area (Å²) in [6, 6.07) is 9.02. The van der Waals surface area contributed by atoms with E-state index < -0.39 is 0 Å². The van der Waals surface area contributed by atoms with Crippen molar-refractivity contribution in [3.63, 3.8) is 0 Å². The smallest absolute Gasteiger partial charge is 0.256 e. The van der Waals surface area contributed by atoms with E-state index in [9.17, 15) is 4.79 Å². The molecule has 0 saturated carbocycles.